The van der Waals surface area contributed by atoms with Gasteiger partial charge in [0.15, 0.2) is 5.60 Å². The van der Waals surface area contributed by atoms with Crippen molar-refractivity contribution in [3.05, 3.63) is 64.1 Å². The van der Waals surface area contributed by atoms with Crippen LogP contribution >= 0.6 is 0 Å². The van der Waals surface area contributed by atoms with Gasteiger partial charge in [0.1, 0.15) is 5.69 Å². The lowest BCUT2D eigenvalue weighted by Crippen LogP contribution is -2.47. The Morgan fingerprint density at radius 2 is 1.85 bits per heavy atom. The number of aliphatic hydroxyl groups is 1. The minimum atomic E-state index is -2.10. The summed E-state index contributed by atoms with van der Waals surface area (Å²) in [6.07, 6.45) is 1.61. The maximum Gasteiger partial charge on any atom is 0.337 e. The smallest absolute Gasteiger partial charge is 0.337 e. The molecule has 2 rings (SSSR count). The summed E-state index contributed by atoms with van der Waals surface area (Å²) in [5.74, 6) is -1.46. The molecule has 0 aliphatic rings. The number of nitrogens with zero attached hydrogens (tertiary/aromatic N) is 1. The molecule has 0 bridgehead atoms. The van der Waals surface area contributed by atoms with E-state index in [9.17, 15) is 19.5 Å². The van der Waals surface area contributed by atoms with Crippen molar-refractivity contribution >= 4 is 17.7 Å². The average Bonchev–Trinajstić information content (AvgIpc) is 2.58. The van der Waals surface area contributed by atoms with E-state index in [1.54, 1.807) is 12.3 Å². The number of anilines is 1. The van der Waals surface area contributed by atoms with Gasteiger partial charge < -0.3 is 25.4 Å². The third-order valence-corrected chi connectivity index (χ3v) is 3.80. The van der Waals surface area contributed by atoms with Crippen molar-refractivity contribution in [2.75, 3.05) is 11.9 Å². The summed E-state index contributed by atoms with van der Waals surface area (Å²) in [4.78, 5) is 35.1. The molecule has 26 heavy (non-hydrogen) atoms. The summed E-state index contributed by atoms with van der Waals surface area (Å²) in [7, 11) is 0. The number of carbonyl (C=O) groups is 2. The Morgan fingerprint density at radius 1 is 1.19 bits per heavy atom. The molecule has 0 saturated carbocycles. The van der Waals surface area contributed by atoms with E-state index in [-0.39, 0.29) is 5.69 Å². The molecule has 1 heterocycles. The first-order chi connectivity index (χ1) is 12.2. The standard InChI is InChI=1S/C18H21N3O5/c1-12-5-7-13(8-6-12)10-21-9-3-4-14(15(21)22)20-17(25)19-11-18(2,26)16(23)24/h3-9,26H,10-11H2,1-2H3,(H,23,24)(H2,19,20,25). The van der Waals surface area contributed by atoms with Gasteiger partial charge in [0.2, 0.25) is 0 Å². The first-order valence-electron chi connectivity index (χ1n) is 7.94. The second-order valence-electron chi connectivity index (χ2n) is 6.23. The van der Waals surface area contributed by atoms with Crippen molar-refractivity contribution in [1.82, 2.24) is 9.88 Å². The number of aryl methyl sites for hydroxylation is 1. The van der Waals surface area contributed by atoms with Gasteiger partial charge in [0.25, 0.3) is 5.56 Å². The van der Waals surface area contributed by atoms with Crippen LogP contribution < -0.4 is 16.2 Å². The Hall–Kier alpha value is -3.13. The number of pyridine rings is 1. The molecule has 0 saturated heterocycles. The van der Waals surface area contributed by atoms with Crippen LogP contribution in [0, 0.1) is 6.92 Å². The van der Waals surface area contributed by atoms with Crippen molar-refractivity contribution in [3.8, 4) is 0 Å². The summed E-state index contributed by atoms with van der Waals surface area (Å²) in [6, 6.07) is 10.0. The molecular formula is C18H21N3O5. The fraction of sp³-hybridized carbons (Fsp3) is 0.278. The van der Waals surface area contributed by atoms with Crippen molar-refractivity contribution in [3.63, 3.8) is 0 Å². The van der Waals surface area contributed by atoms with E-state index in [1.807, 2.05) is 31.2 Å². The maximum atomic E-state index is 12.5. The molecule has 2 aromatic rings. The number of rotatable bonds is 6. The van der Waals surface area contributed by atoms with Gasteiger partial charge in [-0.15, -0.1) is 0 Å². The van der Waals surface area contributed by atoms with Crippen LogP contribution in [0.2, 0.25) is 0 Å². The van der Waals surface area contributed by atoms with Crippen LogP contribution in [0.1, 0.15) is 18.1 Å². The van der Waals surface area contributed by atoms with Gasteiger partial charge in [-0.3, -0.25) is 4.79 Å². The predicted octanol–water partition coefficient (Wildman–Crippen LogP) is 1.16. The molecule has 0 fully saturated rings. The Balaban J connectivity index is 2.06. The minimum Gasteiger partial charge on any atom is -0.479 e. The summed E-state index contributed by atoms with van der Waals surface area (Å²) < 4.78 is 1.45. The van der Waals surface area contributed by atoms with Crippen LogP contribution in [0.5, 0.6) is 0 Å². The number of urea groups is 1. The van der Waals surface area contributed by atoms with Crippen LogP contribution in [0.4, 0.5) is 10.5 Å². The van der Waals surface area contributed by atoms with Gasteiger partial charge in [-0.1, -0.05) is 29.8 Å². The molecule has 1 aromatic heterocycles. The first kappa shape index (κ1) is 19.2. The van der Waals surface area contributed by atoms with E-state index in [0.717, 1.165) is 18.1 Å². The minimum absolute atomic E-state index is 0.0482. The van der Waals surface area contributed by atoms with Gasteiger partial charge in [0, 0.05) is 6.20 Å². The molecule has 1 atom stereocenters. The van der Waals surface area contributed by atoms with Crippen LogP contribution in [0.25, 0.3) is 0 Å². The number of carbonyl (C=O) groups excluding carboxylic acids is 1. The van der Waals surface area contributed by atoms with Gasteiger partial charge in [-0.2, -0.15) is 0 Å². The number of aromatic nitrogens is 1. The normalized spacial score (nSPS) is 12.9. The number of carboxylic acids is 1. The van der Waals surface area contributed by atoms with Crippen LogP contribution in [-0.2, 0) is 11.3 Å². The molecule has 0 aliphatic carbocycles. The molecule has 0 aliphatic heterocycles. The lowest BCUT2D eigenvalue weighted by molar-refractivity contribution is -0.155. The quantitative estimate of drug-likeness (QED) is 0.617. The average molecular weight is 359 g/mol. The summed E-state index contributed by atoms with van der Waals surface area (Å²) >= 11 is 0. The topological polar surface area (TPSA) is 121 Å². The molecule has 1 aromatic carbocycles. The summed E-state index contributed by atoms with van der Waals surface area (Å²) in [5.41, 5.74) is -0.387. The second-order valence-corrected chi connectivity index (χ2v) is 6.23. The fourth-order valence-electron chi connectivity index (χ4n) is 2.14. The molecule has 138 valence electrons. The van der Waals surface area contributed by atoms with Crippen molar-refractivity contribution in [1.29, 1.82) is 0 Å². The van der Waals surface area contributed by atoms with Gasteiger partial charge in [-0.05, 0) is 31.5 Å². The molecule has 0 spiro atoms. The predicted molar refractivity (Wildman–Crippen MR) is 96.3 cm³/mol. The van der Waals surface area contributed by atoms with E-state index < -0.39 is 29.7 Å². The Labute approximate surface area is 150 Å². The number of amides is 2. The summed E-state index contributed by atoms with van der Waals surface area (Å²) in [6.45, 7) is 2.88. The van der Waals surface area contributed by atoms with E-state index in [0.29, 0.717) is 6.54 Å². The lowest BCUT2D eigenvalue weighted by atomic mass is 10.1. The maximum absolute atomic E-state index is 12.5. The third kappa shape index (κ3) is 4.93. The molecule has 0 radical (unpaired) electrons. The highest BCUT2D eigenvalue weighted by Crippen LogP contribution is 2.06. The number of aliphatic carboxylic acids is 1. The van der Waals surface area contributed by atoms with Crippen LogP contribution in [0.3, 0.4) is 0 Å². The number of hydrogen-bond acceptors (Lipinski definition) is 4. The van der Waals surface area contributed by atoms with Crippen molar-refractivity contribution < 1.29 is 19.8 Å². The highest BCUT2D eigenvalue weighted by atomic mass is 16.4. The molecule has 2 amide bonds. The zero-order valence-electron chi connectivity index (χ0n) is 14.5. The lowest BCUT2D eigenvalue weighted by Gasteiger charge is -2.18. The zero-order chi connectivity index (χ0) is 19.3. The largest absolute Gasteiger partial charge is 0.479 e. The van der Waals surface area contributed by atoms with E-state index in [4.69, 9.17) is 5.11 Å². The molecule has 1 unspecified atom stereocenters. The number of nitrogens with one attached hydrogen (secondary N) is 2. The highest BCUT2D eigenvalue weighted by molar-refractivity contribution is 5.89. The van der Waals surface area contributed by atoms with Gasteiger partial charge in [0.05, 0.1) is 13.1 Å². The first-order valence-corrected chi connectivity index (χ1v) is 7.94. The van der Waals surface area contributed by atoms with Crippen molar-refractivity contribution in [2.24, 2.45) is 0 Å². The van der Waals surface area contributed by atoms with E-state index in [1.165, 1.54) is 10.6 Å². The van der Waals surface area contributed by atoms with Gasteiger partial charge >= 0.3 is 12.0 Å². The van der Waals surface area contributed by atoms with Gasteiger partial charge in [-0.25, -0.2) is 9.59 Å². The summed E-state index contributed by atoms with van der Waals surface area (Å²) in [5, 5.41) is 23.0. The van der Waals surface area contributed by atoms with Crippen molar-refractivity contribution in [2.45, 2.75) is 26.0 Å². The molecule has 8 heteroatoms. The van der Waals surface area contributed by atoms with Crippen LogP contribution in [-0.4, -0.2) is 38.9 Å². The Morgan fingerprint density at radius 3 is 2.46 bits per heavy atom. The zero-order valence-corrected chi connectivity index (χ0v) is 14.5. The number of hydrogen-bond donors (Lipinski definition) is 4. The fourth-order valence-corrected chi connectivity index (χ4v) is 2.14. The molecule has 4 N–H and O–H groups in total. The van der Waals surface area contributed by atoms with E-state index in [2.05, 4.69) is 10.6 Å². The monoisotopic (exact) mass is 359 g/mol. The third-order valence-electron chi connectivity index (χ3n) is 3.80. The molecular weight excluding hydrogens is 338 g/mol. The SMILES string of the molecule is Cc1ccc(Cn2cccc(NC(=O)NCC(C)(O)C(=O)O)c2=O)cc1. The Kier molecular flexibility index (Phi) is 5.78. The number of benzene rings is 1. The number of carboxylic acid groups (broad SMARTS) is 1. The second kappa shape index (κ2) is 7.83. The molecule has 8 nitrogen and oxygen atoms in total. The van der Waals surface area contributed by atoms with Crippen LogP contribution in [0.15, 0.2) is 47.4 Å². The Bertz CT molecular complexity index is 856. The highest BCUT2D eigenvalue weighted by Gasteiger charge is 2.30. The van der Waals surface area contributed by atoms with E-state index >= 15 is 0 Å².